The van der Waals surface area contributed by atoms with Crippen molar-refractivity contribution >= 4 is 29.3 Å². The first kappa shape index (κ1) is 14.0. The molecule has 4 heteroatoms. The third kappa shape index (κ3) is 4.01. The van der Waals surface area contributed by atoms with Gasteiger partial charge in [-0.15, -0.1) is 0 Å². The largest absolute Gasteiger partial charge is 0.426 e. The van der Waals surface area contributed by atoms with Crippen molar-refractivity contribution in [2.45, 2.75) is 23.6 Å². The van der Waals surface area contributed by atoms with Crippen molar-refractivity contribution < 1.29 is 9.53 Å². The molecule has 19 heavy (non-hydrogen) atoms. The van der Waals surface area contributed by atoms with E-state index in [1.54, 1.807) is 0 Å². The van der Waals surface area contributed by atoms with Crippen LogP contribution in [0.5, 0.6) is 5.75 Å². The number of carbonyl (C=O) groups excluding carboxylic acids is 1. The highest BCUT2D eigenvalue weighted by Gasteiger charge is 2.08. The molecule has 0 aromatic heterocycles. The first-order valence-corrected chi connectivity index (χ1v) is 6.96. The molecule has 2 nitrogen and oxygen atoms in total. The number of carbonyl (C=O) groups is 1. The zero-order valence-electron chi connectivity index (χ0n) is 10.6. The normalized spacial score (nSPS) is 10.3. The molecule has 0 aliphatic carbocycles. The minimum atomic E-state index is -0.316. The Morgan fingerprint density at radius 1 is 1.16 bits per heavy atom. The highest BCUT2D eigenvalue weighted by atomic mass is 35.5. The van der Waals surface area contributed by atoms with Crippen molar-refractivity contribution in [3.8, 4) is 5.75 Å². The van der Waals surface area contributed by atoms with Crippen LogP contribution >= 0.6 is 23.4 Å². The van der Waals surface area contributed by atoms with Gasteiger partial charge in [0.15, 0.2) is 0 Å². The van der Waals surface area contributed by atoms with Crippen molar-refractivity contribution in [1.82, 2.24) is 0 Å². The minimum absolute atomic E-state index is 0.316. The van der Waals surface area contributed by atoms with Crippen molar-refractivity contribution in [3.05, 3.63) is 53.1 Å². The van der Waals surface area contributed by atoms with Gasteiger partial charge in [-0.1, -0.05) is 29.4 Å². The van der Waals surface area contributed by atoms with Gasteiger partial charge in [0.05, 0.1) is 4.90 Å². The van der Waals surface area contributed by atoms with Crippen LogP contribution in [-0.4, -0.2) is 5.97 Å². The quantitative estimate of drug-likeness (QED) is 0.604. The van der Waals surface area contributed by atoms with E-state index in [1.807, 2.05) is 49.4 Å². The van der Waals surface area contributed by atoms with E-state index >= 15 is 0 Å². The molecule has 0 radical (unpaired) electrons. The molecule has 2 rings (SSSR count). The van der Waals surface area contributed by atoms with E-state index in [2.05, 4.69) is 0 Å². The van der Waals surface area contributed by atoms with E-state index < -0.39 is 0 Å². The maximum atomic E-state index is 11.1. The number of hydrogen-bond donors (Lipinski definition) is 0. The van der Waals surface area contributed by atoms with Crippen LogP contribution in [0.1, 0.15) is 12.5 Å². The average Bonchev–Trinajstić information content (AvgIpc) is 2.34. The molecule has 0 N–H and O–H groups in total. The van der Waals surface area contributed by atoms with Crippen LogP contribution in [0.4, 0.5) is 0 Å². The van der Waals surface area contributed by atoms with Crippen LogP contribution in [-0.2, 0) is 4.79 Å². The predicted molar refractivity (Wildman–Crippen MR) is 78.1 cm³/mol. The van der Waals surface area contributed by atoms with Gasteiger partial charge in [-0.25, -0.2) is 0 Å². The Kier molecular flexibility index (Phi) is 4.51. The lowest BCUT2D eigenvalue weighted by atomic mass is 10.2. The molecule has 0 saturated heterocycles. The van der Waals surface area contributed by atoms with Crippen molar-refractivity contribution in [2.24, 2.45) is 0 Å². The van der Waals surface area contributed by atoms with Crippen LogP contribution in [0, 0.1) is 6.92 Å². The number of halogens is 1. The van der Waals surface area contributed by atoms with E-state index in [0.717, 1.165) is 15.4 Å². The Morgan fingerprint density at radius 3 is 2.47 bits per heavy atom. The van der Waals surface area contributed by atoms with Gasteiger partial charge < -0.3 is 4.74 Å². The Bertz CT molecular complexity index is 594. The zero-order valence-corrected chi connectivity index (χ0v) is 12.2. The fourth-order valence-corrected chi connectivity index (χ4v) is 2.55. The first-order chi connectivity index (χ1) is 9.04. The summed E-state index contributed by atoms with van der Waals surface area (Å²) in [7, 11) is 0. The monoisotopic (exact) mass is 292 g/mol. The van der Waals surface area contributed by atoms with Gasteiger partial charge >= 0.3 is 5.97 Å². The fraction of sp³-hybridized carbons (Fsp3) is 0.133. The van der Waals surface area contributed by atoms with Gasteiger partial charge in [0.2, 0.25) is 0 Å². The van der Waals surface area contributed by atoms with Crippen molar-refractivity contribution in [1.29, 1.82) is 0 Å². The molecule has 0 fully saturated rings. The second-order valence-electron chi connectivity index (χ2n) is 4.10. The summed E-state index contributed by atoms with van der Waals surface area (Å²) in [6, 6.07) is 13.3. The fourth-order valence-electron chi connectivity index (χ4n) is 1.56. The molecule has 0 amide bonds. The summed E-state index contributed by atoms with van der Waals surface area (Å²) in [6.07, 6.45) is 0. The molecule has 0 unspecified atom stereocenters. The Morgan fingerprint density at radius 2 is 1.84 bits per heavy atom. The zero-order chi connectivity index (χ0) is 13.8. The topological polar surface area (TPSA) is 26.3 Å². The third-order valence-corrected chi connectivity index (χ3v) is 3.71. The lowest BCUT2D eigenvalue weighted by molar-refractivity contribution is -0.132. The van der Waals surface area contributed by atoms with Gasteiger partial charge in [-0.3, -0.25) is 4.79 Å². The number of benzene rings is 2. The standard InChI is InChI=1S/C15H13ClO2S/c1-10-3-8-15(14(9-10)18-11(2)17)19-13-6-4-12(16)5-7-13/h3-9H,1-2H3. The molecule has 0 saturated carbocycles. The molecular weight excluding hydrogens is 280 g/mol. The van der Waals surface area contributed by atoms with Gasteiger partial charge in [0, 0.05) is 16.8 Å². The molecule has 2 aromatic rings. The Labute approximate surface area is 121 Å². The summed E-state index contributed by atoms with van der Waals surface area (Å²) in [5.74, 6) is 0.274. The molecule has 0 heterocycles. The van der Waals surface area contributed by atoms with Crippen molar-refractivity contribution in [3.63, 3.8) is 0 Å². The first-order valence-electron chi connectivity index (χ1n) is 5.77. The second-order valence-corrected chi connectivity index (χ2v) is 5.65. The Balaban J connectivity index is 2.28. The summed E-state index contributed by atoms with van der Waals surface area (Å²) in [5.41, 5.74) is 1.05. The van der Waals surface area contributed by atoms with Crippen LogP contribution in [0.15, 0.2) is 52.3 Å². The summed E-state index contributed by atoms with van der Waals surface area (Å²) in [5, 5.41) is 0.702. The molecule has 0 aliphatic heterocycles. The molecule has 2 aromatic carbocycles. The number of rotatable bonds is 3. The van der Waals surface area contributed by atoms with E-state index in [4.69, 9.17) is 16.3 Å². The summed E-state index contributed by atoms with van der Waals surface area (Å²) in [6.45, 7) is 3.36. The van der Waals surface area contributed by atoms with Crippen LogP contribution in [0.25, 0.3) is 0 Å². The Hall–Kier alpha value is -1.45. The maximum absolute atomic E-state index is 11.1. The van der Waals surface area contributed by atoms with E-state index in [1.165, 1.54) is 18.7 Å². The molecule has 0 aliphatic rings. The molecular formula is C15H13ClO2S. The van der Waals surface area contributed by atoms with Crippen LogP contribution in [0.3, 0.4) is 0 Å². The van der Waals surface area contributed by atoms with E-state index in [9.17, 15) is 4.79 Å². The van der Waals surface area contributed by atoms with Gasteiger partial charge in [-0.2, -0.15) is 0 Å². The van der Waals surface area contributed by atoms with Gasteiger partial charge in [0.25, 0.3) is 0 Å². The lowest BCUT2D eigenvalue weighted by Gasteiger charge is -2.09. The minimum Gasteiger partial charge on any atom is -0.426 e. The number of ether oxygens (including phenoxy) is 1. The third-order valence-electron chi connectivity index (χ3n) is 2.39. The average molecular weight is 293 g/mol. The number of esters is 1. The summed E-state index contributed by atoms with van der Waals surface area (Å²) in [4.78, 5) is 13.1. The smallest absolute Gasteiger partial charge is 0.308 e. The summed E-state index contributed by atoms with van der Waals surface area (Å²) >= 11 is 7.39. The highest BCUT2D eigenvalue weighted by molar-refractivity contribution is 7.99. The second kappa shape index (κ2) is 6.13. The highest BCUT2D eigenvalue weighted by Crippen LogP contribution is 2.36. The SMILES string of the molecule is CC(=O)Oc1cc(C)ccc1Sc1ccc(Cl)cc1. The van der Waals surface area contributed by atoms with Gasteiger partial charge in [-0.05, 0) is 48.9 Å². The van der Waals surface area contributed by atoms with Crippen LogP contribution < -0.4 is 4.74 Å². The van der Waals surface area contributed by atoms with E-state index in [-0.39, 0.29) is 5.97 Å². The summed E-state index contributed by atoms with van der Waals surface area (Å²) < 4.78 is 5.24. The number of hydrogen-bond acceptors (Lipinski definition) is 3. The molecule has 0 spiro atoms. The molecule has 98 valence electrons. The molecule has 0 atom stereocenters. The van der Waals surface area contributed by atoms with Gasteiger partial charge in [0.1, 0.15) is 5.75 Å². The maximum Gasteiger partial charge on any atom is 0.308 e. The predicted octanol–water partition coefficient (Wildman–Crippen LogP) is 4.72. The van der Waals surface area contributed by atoms with Crippen molar-refractivity contribution in [2.75, 3.05) is 0 Å². The van der Waals surface area contributed by atoms with Crippen LogP contribution in [0.2, 0.25) is 5.02 Å². The molecule has 0 bridgehead atoms. The lowest BCUT2D eigenvalue weighted by Crippen LogP contribution is -2.02. The number of aryl methyl sites for hydroxylation is 1. The van der Waals surface area contributed by atoms with E-state index in [0.29, 0.717) is 10.8 Å².